The number of nitrogens with zero attached hydrogens (tertiary/aromatic N) is 5. The maximum absolute atomic E-state index is 4.83. The van der Waals surface area contributed by atoms with Crippen molar-refractivity contribution in [3.05, 3.63) is 60.3 Å². The smallest absolute Gasteiger partial charge is 0.157 e. The molecule has 1 fully saturated rings. The van der Waals surface area contributed by atoms with Crippen LogP contribution in [0.25, 0.3) is 45.0 Å². The number of anilines is 1. The number of H-pyrrole nitrogens is 2. The highest BCUT2D eigenvalue weighted by atomic mass is 15.2. The molecule has 0 atom stereocenters. The highest BCUT2D eigenvalue weighted by molar-refractivity contribution is 5.86. The number of rotatable bonds is 3. The maximum atomic E-state index is 4.83. The molecule has 3 aromatic heterocycles. The third-order valence-electron chi connectivity index (χ3n) is 6.24. The first-order valence-corrected chi connectivity index (χ1v) is 11.0. The van der Waals surface area contributed by atoms with Gasteiger partial charge in [-0.2, -0.15) is 0 Å². The van der Waals surface area contributed by atoms with Crippen molar-refractivity contribution in [1.82, 2.24) is 29.8 Å². The van der Waals surface area contributed by atoms with Gasteiger partial charge in [0.15, 0.2) is 5.82 Å². The predicted octanol–water partition coefficient (Wildman–Crippen LogP) is 4.23. The van der Waals surface area contributed by atoms with Crippen LogP contribution in [0, 0.1) is 6.92 Å². The van der Waals surface area contributed by atoms with Gasteiger partial charge in [-0.05, 0) is 62.0 Å². The van der Waals surface area contributed by atoms with Crippen LogP contribution in [0.2, 0.25) is 0 Å². The minimum Gasteiger partial charge on any atom is -0.369 e. The summed E-state index contributed by atoms with van der Waals surface area (Å²) in [5, 5.41) is 0. The number of hydrogen-bond donors (Lipinski definition) is 2. The minimum atomic E-state index is 0.776. The zero-order valence-electron chi connectivity index (χ0n) is 18.3. The fourth-order valence-corrected chi connectivity index (χ4v) is 4.28. The van der Waals surface area contributed by atoms with E-state index in [1.54, 1.807) is 0 Å². The largest absolute Gasteiger partial charge is 0.369 e. The maximum Gasteiger partial charge on any atom is 0.157 e. The van der Waals surface area contributed by atoms with Crippen molar-refractivity contribution >= 4 is 27.8 Å². The van der Waals surface area contributed by atoms with Gasteiger partial charge in [0.05, 0.1) is 22.1 Å². The Morgan fingerprint density at radius 3 is 2.28 bits per heavy atom. The van der Waals surface area contributed by atoms with E-state index in [-0.39, 0.29) is 0 Å². The lowest BCUT2D eigenvalue weighted by atomic mass is 10.2. The summed E-state index contributed by atoms with van der Waals surface area (Å²) in [6.07, 6.45) is 1.86. The van der Waals surface area contributed by atoms with Gasteiger partial charge in [-0.3, -0.25) is 4.98 Å². The van der Waals surface area contributed by atoms with Gasteiger partial charge in [-0.25, -0.2) is 9.97 Å². The summed E-state index contributed by atoms with van der Waals surface area (Å²) >= 11 is 0. The van der Waals surface area contributed by atoms with Gasteiger partial charge in [0.2, 0.25) is 0 Å². The SMILES string of the molecule is Cc1ccc(-c2nc3ccc(-c4nc5ccc(N6CCN(C)CC6)cc5[nH]4)cc3[nH]2)nc1. The summed E-state index contributed by atoms with van der Waals surface area (Å²) in [6.45, 7) is 6.32. The molecule has 2 aromatic carbocycles. The zero-order valence-corrected chi connectivity index (χ0v) is 18.3. The highest BCUT2D eigenvalue weighted by Gasteiger charge is 2.16. The summed E-state index contributed by atoms with van der Waals surface area (Å²) < 4.78 is 0. The summed E-state index contributed by atoms with van der Waals surface area (Å²) in [4.78, 5) is 25.8. The molecular weight excluding hydrogens is 398 g/mol. The van der Waals surface area contributed by atoms with Crippen LogP contribution in [-0.4, -0.2) is 63.0 Å². The highest BCUT2D eigenvalue weighted by Crippen LogP contribution is 2.28. The van der Waals surface area contributed by atoms with Crippen LogP contribution < -0.4 is 4.90 Å². The molecule has 1 saturated heterocycles. The summed E-state index contributed by atoms with van der Waals surface area (Å²) in [6, 6.07) is 16.7. The Labute approximate surface area is 186 Å². The van der Waals surface area contributed by atoms with Crippen LogP contribution in [0.4, 0.5) is 5.69 Å². The van der Waals surface area contributed by atoms with Crippen molar-refractivity contribution in [3.63, 3.8) is 0 Å². The second kappa shape index (κ2) is 7.46. The monoisotopic (exact) mass is 423 g/mol. The first-order chi connectivity index (χ1) is 15.6. The molecule has 32 heavy (non-hydrogen) atoms. The second-order valence-electron chi connectivity index (χ2n) is 8.62. The van der Waals surface area contributed by atoms with E-state index in [1.807, 2.05) is 31.3 Å². The molecule has 0 aliphatic carbocycles. The number of imidazole rings is 2. The fourth-order valence-electron chi connectivity index (χ4n) is 4.28. The Balaban J connectivity index is 1.32. The van der Waals surface area contributed by atoms with Gasteiger partial charge in [0, 0.05) is 43.6 Å². The fraction of sp³-hybridized carbons (Fsp3) is 0.240. The van der Waals surface area contributed by atoms with Crippen LogP contribution in [-0.2, 0) is 0 Å². The summed E-state index contributed by atoms with van der Waals surface area (Å²) in [7, 11) is 2.18. The number of benzene rings is 2. The average Bonchev–Trinajstić information content (AvgIpc) is 3.43. The second-order valence-corrected chi connectivity index (χ2v) is 8.62. The van der Waals surface area contributed by atoms with E-state index in [0.29, 0.717) is 0 Å². The van der Waals surface area contributed by atoms with Gasteiger partial charge >= 0.3 is 0 Å². The number of pyridine rings is 1. The molecule has 4 heterocycles. The number of aromatic nitrogens is 5. The number of aromatic amines is 2. The number of likely N-dealkylation sites (N-methyl/N-ethyl adjacent to an activating group) is 1. The minimum absolute atomic E-state index is 0.776. The van der Waals surface area contributed by atoms with E-state index in [4.69, 9.17) is 9.97 Å². The Kier molecular flexibility index (Phi) is 4.43. The zero-order chi connectivity index (χ0) is 21.7. The normalized spacial score (nSPS) is 15.1. The predicted molar refractivity (Wildman–Crippen MR) is 129 cm³/mol. The summed E-state index contributed by atoms with van der Waals surface area (Å²) in [5.74, 6) is 1.64. The van der Waals surface area contributed by atoms with Gasteiger partial charge in [0.25, 0.3) is 0 Å². The van der Waals surface area contributed by atoms with E-state index < -0.39 is 0 Å². The van der Waals surface area contributed by atoms with E-state index in [1.165, 1.54) is 5.69 Å². The van der Waals surface area contributed by atoms with E-state index >= 15 is 0 Å². The molecule has 1 aliphatic heterocycles. The molecular formula is C25H25N7. The molecule has 1 aliphatic rings. The van der Waals surface area contributed by atoms with E-state index in [9.17, 15) is 0 Å². The molecule has 0 spiro atoms. The Morgan fingerprint density at radius 2 is 1.50 bits per heavy atom. The molecule has 0 unspecified atom stereocenters. The number of fused-ring (bicyclic) bond motifs is 2. The number of aryl methyl sites for hydroxylation is 1. The third-order valence-corrected chi connectivity index (χ3v) is 6.24. The van der Waals surface area contributed by atoms with Gasteiger partial charge in [0.1, 0.15) is 11.5 Å². The first-order valence-electron chi connectivity index (χ1n) is 11.0. The Hall–Kier alpha value is -3.71. The van der Waals surface area contributed by atoms with Gasteiger partial charge in [-0.15, -0.1) is 0 Å². The molecule has 6 rings (SSSR count). The quantitative estimate of drug-likeness (QED) is 0.454. The third kappa shape index (κ3) is 3.40. The Morgan fingerprint density at radius 1 is 0.781 bits per heavy atom. The molecule has 160 valence electrons. The molecule has 0 amide bonds. The average molecular weight is 424 g/mol. The van der Waals surface area contributed by atoms with Crippen molar-refractivity contribution in [2.45, 2.75) is 6.92 Å². The van der Waals surface area contributed by atoms with Gasteiger partial charge < -0.3 is 19.8 Å². The topological polar surface area (TPSA) is 76.7 Å². The van der Waals surface area contributed by atoms with E-state index in [2.05, 4.69) is 62.1 Å². The van der Waals surface area contributed by atoms with Crippen LogP contribution in [0.5, 0.6) is 0 Å². The van der Waals surface area contributed by atoms with Crippen molar-refractivity contribution in [2.75, 3.05) is 38.1 Å². The van der Waals surface area contributed by atoms with Gasteiger partial charge in [-0.1, -0.05) is 6.07 Å². The Bertz CT molecular complexity index is 1410. The van der Waals surface area contributed by atoms with Crippen molar-refractivity contribution in [2.24, 2.45) is 0 Å². The van der Waals surface area contributed by atoms with Crippen LogP contribution in [0.3, 0.4) is 0 Å². The molecule has 0 bridgehead atoms. The van der Waals surface area contributed by atoms with Crippen LogP contribution >= 0.6 is 0 Å². The lowest BCUT2D eigenvalue weighted by molar-refractivity contribution is 0.313. The number of hydrogen-bond acceptors (Lipinski definition) is 5. The van der Waals surface area contributed by atoms with Crippen molar-refractivity contribution < 1.29 is 0 Å². The molecule has 7 nitrogen and oxygen atoms in total. The molecule has 0 radical (unpaired) electrons. The molecule has 0 saturated carbocycles. The molecule has 2 N–H and O–H groups in total. The van der Waals surface area contributed by atoms with Crippen molar-refractivity contribution in [1.29, 1.82) is 0 Å². The number of piperazine rings is 1. The van der Waals surface area contributed by atoms with E-state index in [0.717, 1.165) is 76.7 Å². The number of nitrogens with one attached hydrogen (secondary N) is 2. The standard InChI is InChI=1S/C25H25N7/c1-16-3-6-21(26-15-16)25-28-19-7-4-17(13-22(19)30-25)24-27-20-8-5-18(14-23(20)29-24)32-11-9-31(2)10-12-32/h3-8,13-15H,9-12H2,1-2H3,(H,27,29)(H,28,30). The van der Waals surface area contributed by atoms with Crippen molar-refractivity contribution in [3.8, 4) is 22.9 Å². The molecule has 5 aromatic rings. The summed E-state index contributed by atoms with van der Waals surface area (Å²) in [5.41, 5.74) is 8.18. The molecule has 7 heteroatoms. The van der Waals surface area contributed by atoms with Crippen LogP contribution in [0.15, 0.2) is 54.7 Å². The lowest BCUT2D eigenvalue weighted by Gasteiger charge is -2.34. The first kappa shape index (κ1) is 19.0. The lowest BCUT2D eigenvalue weighted by Crippen LogP contribution is -2.44. The van der Waals surface area contributed by atoms with Crippen LogP contribution in [0.1, 0.15) is 5.56 Å².